The summed E-state index contributed by atoms with van der Waals surface area (Å²) < 4.78 is 15.1. The van der Waals surface area contributed by atoms with Crippen LogP contribution in [0.15, 0.2) is 30.3 Å². The zero-order valence-corrected chi connectivity index (χ0v) is 14.7. The Morgan fingerprint density at radius 2 is 1.88 bits per heavy atom. The molecule has 2 aromatic rings. The molecule has 1 aromatic heterocycles. The number of rotatable bonds is 2. The number of halogens is 1. The van der Waals surface area contributed by atoms with Gasteiger partial charge in [-0.2, -0.15) is 5.10 Å². The number of anilines is 1. The molecule has 1 saturated heterocycles. The molecule has 3 heterocycles. The molecule has 2 aliphatic heterocycles. The fraction of sp³-hybridized carbons (Fsp3) is 0.474. The van der Waals surface area contributed by atoms with Gasteiger partial charge in [0.05, 0.1) is 17.7 Å². The van der Waals surface area contributed by atoms with Crippen LogP contribution in [0.1, 0.15) is 30.5 Å². The van der Waals surface area contributed by atoms with Crippen molar-refractivity contribution in [2.24, 2.45) is 0 Å². The molecule has 0 N–H and O–H groups in total. The van der Waals surface area contributed by atoms with E-state index in [1.54, 1.807) is 4.90 Å². The van der Waals surface area contributed by atoms with E-state index in [0.29, 0.717) is 6.42 Å². The summed E-state index contributed by atoms with van der Waals surface area (Å²) >= 11 is 0. The van der Waals surface area contributed by atoms with E-state index in [1.165, 1.54) is 12.1 Å². The lowest BCUT2D eigenvalue weighted by Crippen LogP contribution is -2.53. The molecule has 0 saturated carbocycles. The van der Waals surface area contributed by atoms with Crippen LogP contribution < -0.4 is 4.90 Å². The average molecular weight is 342 g/mol. The van der Waals surface area contributed by atoms with Crippen LogP contribution in [0.2, 0.25) is 0 Å². The largest absolute Gasteiger partial charge is 0.300 e. The van der Waals surface area contributed by atoms with E-state index in [-0.39, 0.29) is 17.3 Å². The van der Waals surface area contributed by atoms with Crippen LogP contribution in [-0.2, 0) is 16.9 Å². The van der Waals surface area contributed by atoms with Gasteiger partial charge < -0.3 is 4.90 Å². The molecule has 0 unspecified atom stereocenters. The Hall–Kier alpha value is -2.21. The Kier molecular flexibility index (Phi) is 3.87. The van der Waals surface area contributed by atoms with Crippen molar-refractivity contribution < 1.29 is 9.18 Å². The zero-order chi connectivity index (χ0) is 17.6. The highest BCUT2D eigenvalue weighted by Crippen LogP contribution is 2.41. The molecule has 1 amide bonds. The van der Waals surface area contributed by atoms with Gasteiger partial charge in [0.1, 0.15) is 11.6 Å². The van der Waals surface area contributed by atoms with Crippen molar-refractivity contribution in [1.29, 1.82) is 0 Å². The first-order valence-electron chi connectivity index (χ1n) is 8.77. The van der Waals surface area contributed by atoms with E-state index in [9.17, 15) is 9.18 Å². The number of likely N-dealkylation sites (tertiary alicyclic amines) is 1. The van der Waals surface area contributed by atoms with Gasteiger partial charge in [0.25, 0.3) is 0 Å². The number of aryl methyl sites for hydroxylation is 1. The smallest absolute Gasteiger partial charge is 0.230 e. The summed E-state index contributed by atoms with van der Waals surface area (Å²) in [5.41, 5.74) is 1.86. The number of carbonyl (C=O) groups excluding carboxylic acids is 1. The summed E-state index contributed by atoms with van der Waals surface area (Å²) in [7, 11) is 1.83. The Labute approximate surface area is 147 Å². The van der Waals surface area contributed by atoms with Crippen LogP contribution in [0.5, 0.6) is 0 Å². The predicted octanol–water partition coefficient (Wildman–Crippen LogP) is 2.69. The van der Waals surface area contributed by atoms with Gasteiger partial charge in [0.2, 0.25) is 5.91 Å². The minimum Gasteiger partial charge on any atom is -0.300 e. The third-order valence-corrected chi connectivity index (χ3v) is 5.57. The Morgan fingerprint density at radius 3 is 2.56 bits per heavy atom. The highest BCUT2D eigenvalue weighted by Gasteiger charge is 2.45. The van der Waals surface area contributed by atoms with Crippen molar-refractivity contribution >= 4 is 11.7 Å². The molecule has 1 aromatic carbocycles. The molecule has 2 aliphatic rings. The summed E-state index contributed by atoms with van der Waals surface area (Å²) in [5.74, 6) is 0.868. The normalized spacial score (nSPS) is 20.1. The molecule has 5 nitrogen and oxygen atoms in total. The zero-order valence-electron chi connectivity index (χ0n) is 14.7. The molecule has 6 heteroatoms. The lowest BCUT2D eigenvalue weighted by Gasteiger charge is -2.46. The average Bonchev–Trinajstić information content (AvgIpc) is 3.00. The maximum Gasteiger partial charge on any atom is 0.230 e. The van der Waals surface area contributed by atoms with E-state index >= 15 is 0 Å². The van der Waals surface area contributed by atoms with E-state index in [1.807, 2.05) is 32.2 Å². The standard InChI is InChI=1S/C19H23FN4O/c1-14-11-17-22(2)18(25)12-19(24(17)21-14)7-9-23(10-8-19)13-15-3-5-16(20)6-4-15/h3-6,11H,7-10,12-13H2,1-2H3. The molecular formula is C19H23FN4O. The Balaban J connectivity index is 1.51. The highest BCUT2D eigenvalue weighted by molar-refractivity contribution is 5.94. The van der Waals surface area contributed by atoms with Crippen LogP contribution in [0.3, 0.4) is 0 Å². The van der Waals surface area contributed by atoms with E-state index in [0.717, 1.165) is 49.6 Å². The van der Waals surface area contributed by atoms with Crippen molar-refractivity contribution in [2.75, 3.05) is 25.0 Å². The summed E-state index contributed by atoms with van der Waals surface area (Å²) in [4.78, 5) is 16.6. The Morgan fingerprint density at radius 1 is 1.20 bits per heavy atom. The lowest BCUT2D eigenvalue weighted by molar-refractivity contribution is -0.122. The van der Waals surface area contributed by atoms with Crippen LogP contribution in [0.4, 0.5) is 10.2 Å². The van der Waals surface area contributed by atoms with Crippen LogP contribution >= 0.6 is 0 Å². The molecule has 4 rings (SSSR count). The van der Waals surface area contributed by atoms with Crippen molar-refractivity contribution in [3.63, 3.8) is 0 Å². The van der Waals surface area contributed by atoms with Crippen LogP contribution in [0.25, 0.3) is 0 Å². The summed E-state index contributed by atoms with van der Waals surface area (Å²) in [6, 6.07) is 8.69. The molecule has 0 aliphatic carbocycles. The first kappa shape index (κ1) is 16.3. The first-order chi connectivity index (χ1) is 12.0. The number of amides is 1. The molecular weight excluding hydrogens is 319 g/mol. The molecule has 0 radical (unpaired) electrons. The van der Waals surface area contributed by atoms with Crippen molar-refractivity contribution in [1.82, 2.24) is 14.7 Å². The van der Waals surface area contributed by atoms with Gasteiger partial charge in [-0.1, -0.05) is 12.1 Å². The van der Waals surface area contributed by atoms with Crippen molar-refractivity contribution in [3.8, 4) is 0 Å². The summed E-state index contributed by atoms with van der Waals surface area (Å²) in [5, 5.41) is 4.69. The van der Waals surface area contributed by atoms with Crippen molar-refractivity contribution in [3.05, 3.63) is 47.4 Å². The van der Waals surface area contributed by atoms with Crippen LogP contribution in [0, 0.1) is 12.7 Å². The van der Waals surface area contributed by atoms with Gasteiger partial charge >= 0.3 is 0 Å². The molecule has 0 atom stereocenters. The number of nitrogens with zero attached hydrogens (tertiary/aromatic N) is 4. The van der Waals surface area contributed by atoms with E-state index < -0.39 is 0 Å². The van der Waals surface area contributed by atoms with Crippen LogP contribution in [-0.4, -0.2) is 40.7 Å². The number of carbonyl (C=O) groups is 1. The SMILES string of the molecule is Cc1cc2n(n1)C1(CCN(Cc3ccc(F)cc3)CC1)CC(=O)N2C. The summed E-state index contributed by atoms with van der Waals surface area (Å²) in [6.45, 7) is 4.61. The maximum absolute atomic E-state index is 13.1. The molecule has 25 heavy (non-hydrogen) atoms. The molecule has 0 bridgehead atoms. The van der Waals surface area contributed by atoms with E-state index in [4.69, 9.17) is 5.10 Å². The number of aromatic nitrogens is 2. The molecule has 1 spiro atoms. The Bertz CT molecular complexity index is 790. The monoisotopic (exact) mass is 342 g/mol. The maximum atomic E-state index is 13.1. The predicted molar refractivity (Wildman–Crippen MR) is 93.9 cm³/mol. The number of hydrogen-bond acceptors (Lipinski definition) is 3. The fourth-order valence-electron chi connectivity index (χ4n) is 4.04. The number of fused-ring (bicyclic) bond motifs is 2. The number of hydrogen-bond donors (Lipinski definition) is 0. The van der Waals surface area contributed by atoms with Gasteiger partial charge in [-0.05, 0) is 37.5 Å². The fourth-order valence-corrected chi connectivity index (χ4v) is 4.04. The van der Waals surface area contributed by atoms with Gasteiger partial charge in [-0.15, -0.1) is 0 Å². The molecule has 1 fully saturated rings. The third kappa shape index (κ3) is 2.84. The topological polar surface area (TPSA) is 41.4 Å². The van der Waals surface area contributed by atoms with Gasteiger partial charge in [0.15, 0.2) is 0 Å². The second-order valence-electron chi connectivity index (χ2n) is 7.31. The number of piperidine rings is 1. The minimum atomic E-state index is -0.202. The quantitative estimate of drug-likeness (QED) is 0.843. The minimum absolute atomic E-state index is 0.166. The highest BCUT2D eigenvalue weighted by atomic mass is 19.1. The van der Waals surface area contributed by atoms with Crippen molar-refractivity contribution in [2.45, 2.75) is 38.3 Å². The van der Waals surface area contributed by atoms with Gasteiger partial charge in [0, 0.05) is 32.7 Å². The second-order valence-corrected chi connectivity index (χ2v) is 7.31. The summed E-state index contributed by atoms with van der Waals surface area (Å²) in [6.07, 6.45) is 2.33. The van der Waals surface area contributed by atoms with Gasteiger partial charge in [-0.25, -0.2) is 9.07 Å². The number of benzene rings is 1. The first-order valence-corrected chi connectivity index (χ1v) is 8.77. The van der Waals surface area contributed by atoms with Gasteiger partial charge in [-0.3, -0.25) is 9.69 Å². The second kappa shape index (κ2) is 5.95. The van der Waals surface area contributed by atoms with E-state index in [2.05, 4.69) is 9.58 Å². The molecule has 132 valence electrons. The third-order valence-electron chi connectivity index (χ3n) is 5.57. The lowest BCUT2D eigenvalue weighted by atomic mass is 9.82.